The SMILES string of the molecule is CC(Oc1ccc(CN2CCCC2)cc1)C(=O)O. The van der Waals surface area contributed by atoms with E-state index in [9.17, 15) is 4.79 Å². The molecule has 4 nitrogen and oxygen atoms in total. The van der Waals surface area contributed by atoms with Crippen LogP contribution in [-0.4, -0.2) is 35.2 Å². The van der Waals surface area contributed by atoms with Crippen molar-refractivity contribution in [1.29, 1.82) is 0 Å². The minimum Gasteiger partial charge on any atom is -0.479 e. The van der Waals surface area contributed by atoms with Crippen LogP contribution in [0.1, 0.15) is 25.3 Å². The molecule has 0 aliphatic carbocycles. The third-order valence-corrected chi connectivity index (χ3v) is 3.19. The average molecular weight is 249 g/mol. The van der Waals surface area contributed by atoms with E-state index in [0.29, 0.717) is 5.75 Å². The Morgan fingerprint density at radius 1 is 1.33 bits per heavy atom. The van der Waals surface area contributed by atoms with Gasteiger partial charge in [-0.3, -0.25) is 4.90 Å². The summed E-state index contributed by atoms with van der Waals surface area (Å²) in [6.07, 6.45) is 1.77. The molecule has 1 saturated heterocycles. The zero-order valence-corrected chi connectivity index (χ0v) is 10.6. The molecule has 0 aromatic heterocycles. The number of likely N-dealkylation sites (tertiary alicyclic amines) is 1. The average Bonchev–Trinajstić information content (AvgIpc) is 2.84. The summed E-state index contributed by atoms with van der Waals surface area (Å²) >= 11 is 0. The lowest BCUT2D eigenvalue weighted by Crippen LogP contribution is -2.22. The van der Waals surface area contributed by atoms with Crippen LogP contribution in [0.4, 0.5) is 0 Å². The van der Waals surface area contributed by atoms with Crippen LogP contribution < -0.4 is 4.74 Å². The van der Waals surface area contributed by atoms with Gasteiger partial charge in [-0.1, -0.05) is 12.1 Å². The number of ether oxygens (including phenoxy) is 1. The van der Waals surface area contributed by atoms with Gasteiger partial charge in [-0.2, -0.15) is 0 Å². The lowest BCUT2D eigenvalue weighted by molar-refractivity contribution is -0.144. The summed E-state index contributed by atoms with van der Waals surface area (Å²) in [6, 6.07) is 7.68. The molecule has 98 valence electrons. The predicted octanol–water partition coefficient (Wildman–Crippen LogP) is 2.13. The molecule has 2 rings (SSSR count). The van der Waals surface area contributed by atoms with Gasteiger partial charge in [0.25, 0.3) is 0 Å². The number of carbonyl (C=O) groups is 1. The summed E-state index contributed by atoms with van der Waals surface area (Å²) in [7, 11) is 0. The summed E-state index contributed by atoms with van der Waals surface area (Å²) in [5, 5.41) is 8.76. The number of nitrogens with zero attached hydrogens (tertiary/aromatic N) is 1. The van der Waals surface area contributed by atoms with Gasteiger partial charge in [0, 0.05) is 6.54 Å². The fourth-order valence-corrected chi connectivity index (χ4v) is 2.13. The standard InChI is InChI=1S/C14H19NO3/c1-11(14(16)17)18-13-6-4-12(5-7-13)10-15-8-2-3-9-15/h4-7,11H,2-3,8-10H2,1H3,(H,16,17). The zero-order valence-electron chi connectivity index (χ0n) is 10.6. The van der Waals surface area contributed by atoms with E-state index in [1.54, 1.807) is 0 Å². The van der Waals surface area contributed by atoms with Gasteiger partial charge in [-0.05, 0) is 50.6 Å². The maximum atomic E-state index is 10.7. The normalized spacial score (nSPS) is 17.6. The maximum Gasteiger partial charge on any atom is 0.344 e. The highest BCUT2D eigenvalue weighted by molar-refractivity contribution is 5.72. The summed E-state index contributed by atoms with van der Waals surface area (Å²) in [6.45, 7) is 4.85. The van der Waals surface area contributed by atoms with E-state index in [4.69, 9.17) is 9.84 Å². The molecule has 0 radical (unpaired) electrons. The van der Waals surface area contributed by atoms with Gasteiger partial charge in [0.05, 0.1) is 0 Å². The van der Waals surface area contributed by atoms with Gasteiger partial charge < -0.3 is 9.84 Å². The van der Waals surface area contributed by atoms with E-state index in [1.165, 1.54) is 38.4 Å². The van der Waals surface area contributed by atoms with Gasteiger partial charge in [0.2, 0.25) is 0 Å². The molecule has 18 heavy (non-hydrogen) atoms. The van der Waals surface area contributed by atoms with Crippen LogP contribution >= 0.6 is 0 Å². The third-order valence-electron chi connectivity index (χ3n) is 3.19. The third kappa shape index (κ3) is 3.47. The summed E-state index contributed by atoms with van der Waals surface area (Å²) < 4.78 is 5.29. The van der Waals surface area contributed by atoms with Crippen molar-refractivity contribution in [1.82, 2.24) is 4.90 Å². The van der Waals surface area contributed by atoms with Gasteiger partial charge in [0.1, 0.15) is 5.75 Å². The van der Waals surface area contributed by atoms with Gasteiger partial charge in [0.15, 0.2) is 6.10 Å². The minimum absolute atomic E-state index is 0.607. The van der Waals surface area contributed by atoms with Crippen molar-refractivity contribution in [2.45, 2.75) is 32.4 Å². The predicted molar refractivity (Wildman–Crippen MR) is 68.7 cm³/mol. The van der Waals surface area contributed by atoms with Gasteiger partial charge in [-0.15, -0.1) is 0 Å². The van der Waals surface area contributed by atoms with Crippen molar-refractivity contribution in [2.75, 3.05) is 13.1 Å². The fourth-order valence-electron chi connectivity index (χ4n) is 2.13. The van der Waals surface area contributed by atoms with Crippen molar-refractivity contribution in [2.24, 2.45) is 0 Å². The number of carboxylic acid groups (broad SMARTS) is 1. The Balaban J connectivity index is 1.90. The lowest BCUT2D eigenvalue weighted by Gasteiger charge is -2.15. The van der Waals surface area contributed by atoms with Crippen molar-refractivity contribution >= 4 is 5.97 Å². The van der Waals surface area contributed by atoms with Crippen LogP contribution in [0.15, 0.2) is 24.3 Å². The molecule has 0 spiro atoms. The highest BCUT2D eigenvalue weighted by atomic mass is 16.5. The second kappa shape index (κ2) is 5.87. The summed E-state index contributed by atoms with van der Waals surface area (Å²) in [5.41, 5.74) is 1.24. The minimum atomic E-state index is -0.948. The first-order valence-corrected chi connectivity index (χ1v) is 6.36. The molecular weight excluding hydrogens is 230 g/mol. The van der Waals surface area contributed by atoms with Crippen LogP contribution in [0.2, 0.25) is 0 Å². The van der Waals surface area contributed by atoms with Crippen LogP contribution in [0.3, 0.4) is 0 Å². The largest absolute Gasteiger partial charge is 0.479 e. The number of carboxylic acids is 1. The number of benzene rings is 1. The molecule has 0 amide bonds. The van der Waals surface area contributed by atoms with Crippen LogP contribution in [-0.2, 0) is 11.3 Å². The summed E-state index contributed by atoms with van der Waals surface area (Å²) in [5.74, 6) is -0.341. The zero-order chi connectivity index (χ0) is 13.0. The molecule has 1 heterocycles. The molecule has 0 saturated carbocycles. The molecule has 1 N–H and O–H groups in total. The van der Waals surface area contributed by atoms with Gasteiger partial charge >= 0.3 is 5.97 Å². The Bertz CT molecular complexity index is 396. The molecule has 0 bridgehead atoms. The number of hydrogen-bond acceptors (Lipinski definition) is 3. The second-order valence-corrected chi connectivity index (χ2v) is 4.73. The molecule has 1 atom stereocenters. The fraction of sp³-hybridized carbons (Fsp3) is 0.500. The van der Waals surface area contributed by atoms with Gasteiger partial charge in [-0.25, -0.2) is 4.79 Å². The lowest BCUT2D eigenvalue weighted by atomic mass is 10.2. The van der Waals surface area contributed by atoms with Crippen LogP contribution in [0, 0.1) is 0 Å². The quantitative estimate of drug-likeness (QED) is 0.868. The first-order valence-electron chi connectivity index (χ1n) is 6.36. The molecule has 1 aliphatic rings. The summed E-state index contributed by atoms with van der Waals surface area (Å²) in [4.78, 5) is 13.1. The molecular formula is C14H19NO3. The molecule has 1 fully saturated rings. The van der Waals surface area contributed by atoms with E-state index in [2.05, 4.69) is 4.90 Å². The number of rotatable bonds is 5. The monoisotopic (exact) mass is 249 g/mol. The number of aliphatic carboxylic acids is 1. The molecule has 4 heteroatoms. The van der Waals surface area contributed by atoms with Crippen LogP contribution in [0.25, 0.3) is 0 Å². The Hall–Kier alpha value is -1.55. The highest BCUT2D eigenvalue weighted by Crippen LogP contribution is 2.17. The molecule has 1 aromatic carbocycles. The Labute approximate surface area is 107 Å². The Morgan fingerprint density at radius 3 is 2.50 bits per heavy atom. The molecule has 1 aromatic rings. The van der Waals surface area contributed by atoms with Crippen molar-refractivity contribution in [3.05, 3.63) is 29.8 Å². The van der Waals surface area contributed by atoms with E-state index in [-0.39, 0.29) is 0 Å². The van der Waals surface area contributed by atoms with Crippen LogP contribution in [0.5, 0.6) is 5.75 Å². The smallest absolute Gasteiger partial charge is 0.344 e. The maximum absolute atomic E-state index is 10.7. The molecule has 1 unspecified atom stereocenters. The van der Waals surface area contributed by atoms with Crippen molar-refractivity contribution in [3.63, 3.8) is 0 Å². The van der Waals surface area contributed by atoms with Crippen molar-refractivity contribution in [3.8, 4) is 5.75 Å². The Kier molecular flexibility index (Phi) is 4.20. The topological polar surface area (TPSA) is 49.8 Å². The first kappa shape index (κ1) is 12.9. The van der Waals surface area contributed by atoms with E-state index >= 15 is 0 Å². The Morgan fingerprint density at radius 2 is 1.94 bits per heavy atom. The van der Waals surface area contributed by atoms with E-state index in [0.717, 1.165) is 6.54 Å². The second-order valence-electron chi connectivity index (χ2n) is 4.73. The first-order chi connectivity index (χ1) is 8.65. The van der Waals surface area contributed by atoms with E-state index < -0.39 is 12.1 Å². The molecule has 1 aliphatic heterocycles. The van der Waals surface area contributed by atoms with Crippen molar-refractivity contribution < 1.29 is 14.6 Å². The van der Waals surface area contributed by atoms with E-state index in [1.807, 2.05) is 24.3 Å². The number of hydrogen-bond donors (Lipinski definition) is 1. The highest BCUT2D eigenvalue weighted by Gasteiger charge is 2.13.